The van der Waals surface area contributed by atoms with Gasteiger partial charge in [0, 0.05) is 6.54 Å². The van der Waals surface area contributed by atoms with Crippen LogP contribution in [-0.2, 0) is 4.74 Å². The summed E-state index contributed by atoms with van der Waals surface area (Å²) in [5.74, 6) is -0.394. The van der Waals surface area contributed by atoms with Gasteiger partial charge in [0.2, 0.25) is 0 Å². The van der Waals surface area contributed by atoms with Crippen LogP contribution in [0.15, 0.2) is 0 Å². The van der Waals surface area contributed by atoms with E-state index in [0.717, 1.165) is 19.5 Å². The van der Waals surface area contributed by atoms with Gasteiger partial charge < -0.3 is 4.74 Å². The molecule has 0 spiro atoms. The molecule has 0 amide bonds. The average Bonchev–Trinajstić information content (AvgIpc) is 2.66. The molecule has 1 saturated heterocycles. The number of ether oxygens (including phenoxy) is 1. The standard InChI is InChI=1S/C10H16N4O2/c1-3-14-6-5-7(14)8-9(12-13-11-8)10(15)16-4-2/h7H,3-6H2,1-2H3,(H,11,12,13). The summed E-state index contributed by atoms with van der Waals surface area (Å²) < 4.78 is 4.93. The predicted octanol–water partition coefficient (Wildman–Crippen LogP) is 0.748. The maximum absolute atomic E-state index is 11.6. The first kappa shape index (κ1) is 11.1. The number of aromatic amines is 1. The van der Waals surface area contributed by atoms with Crippen LogP contribution in [0.2, 0.25) is 0 Å². The number of aromatic nitrogens is 3. The Morgan fingerprint density at radius 3 is 2.94 bits per heavy atom. The monoisotopic (exact) mass is 224 g/mol. The fourth-order valence-corrected chi connectivity index (χ4v) is 1.95. The third-order valence-corrected chi connectivity index (χ3v) is 2.90. The highest BCUT2D eigenvalue weighted by molar-refractivity contribution is 5.88. The molecule has 1 aromatic rings. The Bertz CT molecular complexity index is 375. The van der Waals surface area contributed by atoms with E-state index in [0.29, 0.717) is 18.0 Å². The lowest BCUT2D eigenvalue weighted by Crippen LogP contribution is -2.41. The number of carbonyl (C=O) groups is 1. The molecular formula is C10H16N4O2. The first-order chi connectivity index (χ1) is 7.77. The zero-order valence-corrected chi connectivity index (χ0v) is 9.56. The summed E-state index contributed by atoms with van der Waals surface area (Å²) in [5.41, 5.74) is 1.04. The van der Waals surface area contributed by atoms with Crippen molar-refractivity contribution in [3.8, 4) is 0 Å². The molecule has 1 N–H and O–H groups in total. The van der Waals surface area contributed by atoms with Gasteiger partial charge in [-0.3, -0.25) is 4.90 Å². The average molecular weight is 224 g/mol. The van der Waals surface area contributed by atoms with Gasteiger partial charge in [0.05, 0.1) is 12.6 Å². The van der Waals surface area contributed by atoms with Crippen molar-refractivity contribution in [3.63, 3.8) is 0 Å². The number of hydrogen-bond acceptors (Lipinski definition) is 5. The highest BCUT2D eigenvalue weighted by atomic mass is 16.5. The van der Waals surface area contributed by atoms with E-state index in [-0.39, 0.29) is 6.04 Å². The number of rotatable bonds is 4. The van der Waals surface area contributed by atoms with Crippen LogP contribution >= 0.6 is 0 Å². The molecule has 0 radical (unpaired) electrons. The molecule has 2 rings (SSSR count). The molecule has 2 heterocycles. The Labute approximate surface area is 94.0 Å². The van der Waals surface area contributed by atoms with Gasteiger partial charge in [-0.05, 0) is 19.9 Å². The van der Waals surface area contributed by atoms with E-state index in [1.807, 2.05) is 0 Å². The normalized spacial score (nSPS) is 20.5. The van der Waals surface area contributed by atoms with Crippen LogP contribution in [0.1, 0.15) is 42.5 Å². The molecule has 6 nitrogen and oxygen atoms in total. The zero-order chi connectivity index (χ0) is 11.5. The molecular weight excluding hydrogens is 208 g/mol. The lowest BCUT2D eigenvalue weighted by molar-refractivity contribution is 0.0503. The van der Waals surface area contributed by atoms with Crippen LogP contribution < -0.4 is 0 Å². The molecule has 1 atom stereocenters. The Kier molecular flexibility index (Phi) is 3.19. The topological polar surface area (TPSA) is 71.1 Å². The van der Waals surface area contributed by atoms with E-state index in [9.17, 15) is 4.79 Å². The van der Waals surface area contributed by atoms with Gasteiger partial charge in [-0.1, -0.05) is 6.92 Å². The minimum absolute atomic E-state index is 0.211. The van der Waals surface area contributed by atoms with Crippen LogP contribution in [0.25, 0.3) is 0 Å². The van der Waals surface area contributed by atoms with Crippen molar-refractivity contribution in [1.29, 1.82) is 0 Å². The number of nitrogens with one attached hydrogen (secondary N) is 1. The van der Waals surface area contributed by atoms with Crippen molar-refractivity contribution < 1.29 is 9.53 Å². The summed E-state index contributed by atoms with van der Waals surface area (Å²) in [4.78, 5) is 13.9. The smallest absolute Gasteiger partial charge is 0.360 e. The molecule has 88 valence electrons. The van der Waals surface area contributed by atoms with Crippen molar-refractivity contribution in [2.24, 2.45) is 0 Å². The lowest BCUT2D eigenvalue weighted by Gasteiger charge is -2.39. The van der Waals surface area contributed by atoms with Crippen molar-refractivity contribution >= 4 is 5.97 Å². The molecule has 1 aliphatic rings. The third-order valence-electron chi connectivity index (χ3n) is 2.90. The van der Waals surface area contributed by atoms with Crippen molar-refractivity contribution in [2.45, 2.75) is 26.3 Å². The summed E-state index contributed by atoms with van der Waals surface area (Å²) in [5, 5.41) is 10.4. The van der Waals surface area contributed by atoms with Crippen LogP contribution in [0.3, 0.4) is 0 Å². The second-order valence-corrected chi connectivity index (χ2v) is 3.71. The minimum atomic E-state index is -0.394. The van der Waals surface area contributed by atoms with E-state index in [4.69, 9.17) is 4.74 Å². The van der Waals surface area contributed by atoms with Crippen LogP contribution in [0, 0.1) is 0 Å². The maximum atomic E-state index is 11.6. The van der Waals surface area contributed by atoms with Crippen LogP contribution in [0.5, 0.6) is 0 Å². The molecule has 1 aromatic heterocycles. The van der Waals surface area contributed by atoms with Crippen molar-refractivity contribution in [1.82, 2.24) is 20.3 Å². The van der Waals surface area contributed by atoms with Gasteiger partial charge in [-0.15, -0.1) is 5.10 Å². The molecule has 1 fully saturated rings. The largest absolute Gasteiger partial charge is 0.461 e. The Hall–Kier alpha value is -1.43. The zero-order valence-electron chi connectivity index (χ0n) is 9.56. The van der Waals surface area contributed by atoms with E-state index in [2.05, 4.69) is 27.2 Å². The maximum Gasteiger partial charge on any atom is 0.360 e. The summed E-state index contributed by atoms with van der Waals surface area (Å²) in [6.45, 7) is 6.24. The molecule has 0 saturated carbocycles. The second kappa shape index (κ2) is 4.61. The number of hydrogen-bond donors (Lipinski definition) is 1. The number of likely N-dealkylation sites (tertiary alicyclic amines) is 1. The molecule has 1 unspecified atom stereocenters. The molecule has 0 aromatic carbocycles. The summed E-state index contributed by atoms with van der Waals surface area (Å²) >= 11 is 0. The second-order valence-electron chi connectivity index (χ2n) is 3.71. The molecule has 0 aliphatic carbocycles. The van der Waals surface area contributed by atoms with Crippen LogP contribution in [0.4, 0.5) is 0 Å². The lowest BCUT2D eigenvalue weighted by atomic mass is 9.98. The number of carbonyl (C=O) groups excluding carboxylic acids is 1. The highest BCUT2D eigenvalue weighted by Gasteiger charge is 2.34. The first-order valence-corrected chi connectivity index (χ1v) is 5.59. The Balaban J connectivity index is 2.16. The molecule has 0 bridgehead atoms. The van der Waals surface area contributed by atoms with Crippen molar-refractivity contribution in [3.05, 3.63) is 11.4 Å². The first-order valence-electron chi connectivity index (χ1n) is 5.59. The van der Waals surface area contributed by atoms with Gasteiger partial charge in [-0.25, -0.2) is 4.79 Å². The predicted molar refractivity (Wildman–Crippen MR) is 56.9 cm³/mol. The summed E-state index contributed by atoms with van der Waals surface area (Å²) in [7, 11) is 0. The fourth-order valence-electron chi connectivity index (χ4n) is 1.95. The van der Waals surface area contributed by atoms with E-state index in [1.165, 1.54) is 0 Å². The van der Waals surface area contributed by atoms with Gasteiger partial charge in [0.25, 0.3) is 0 Å². The Morgan fingerprint density at radius 1 is 1.56 bits per heavy atom. The fraction of sp³-hybridized carbons (Fsp3) is 0.700. The van der Waals surface area contributed by atoms with Gasteiger partial charge in [0.1, 0.15) is 5.69 Å². The summed E-state index contributed by atoms with van der Waals surface area (Å²) in [6, 6.07) is 0.211. The number of esters is 1. The van der Waals surface area contributed by atoms with Gasteiger partial charge in [0.15, 0.2) is 5.69 Å². The molecule has 6 heteroatoms. The highest BCUT2D eigenvalue weighted by Crippen LogP contribution is 2.32. The van der Waals surface area contributed by atoms with Gasteiger partial charge >= 0.3 is 5.97 Å². The van der Waals surface area contributed by atoms with E-state index < -0.39 is 5.97 Å². The molecule has 16 heavy (non-hydrogen) atoms. The number of H-pyrrole nitrogens is 1. The minimum Gasteiger partial charge on any atom is -0.461 e. The molecule has 1 aliphatic heterocycles. The quantitative estimate of drug-likeness (QED) is 0.764. The summed E-state index contributed by atoms with van der Waals surface area (Å²) in [6.07, 6.45) is 1.02. The van der Waals surface area contributed by atoms with Gasteiger partial charge in [-0.2, -0.15) is 10.3 Å². The third kappa shape index (κ3) is 1.80. The van der Waals surface area contributed by atoms with E-state index >= 15 is 0 Å². The SMILES string of the molecule is CCOC(=O)c1n[nH]nc1C1CCN1CC. The van der Waals surface area contributed by atoms with E-state index in [1.54, 1.807) is 6.92 Å². The van der Waals surface area contributed by atoms with Crippen molar-refractivity contribution in [2.75, 3.05) is 19.7 Å². The van der Waals surface area contributed by atoms with Crippen LogP contribution in [-0.4, -0.2) is 46.0 Å². The number of nitrogens with zero attached hydrogens (tertiary/aromatic N) is 3. The Morgan fingerprint density at radius 2 is 2.38 bits per heavy atom.